The molecule has 1 aromatic heterocycles. The lowest BCUT2D eigenvalue weighted by Gasteiger charge is -2.30. The molecule has 0 aromatic carbocycles. The Morgan fingerprint density at radius 3 is 2.75 bits per heavy atom. The second-order valence-electron chi connectivity index (χ2n) is 3.75. The molecular formula is C9H12N4OS2. The number of nitrogens with two attached hydrogens (primary N) is 1. The summed E-state index contributed by atoms with van der Waals surface area (Å²) < 4.78 is 3.68. The standard InChI is InChI=1S/C9H12N4OS2/c10-8(15)6-1-3-13(4-2-6)9(14)7-5-11-12-16-7/h5-6H,1-4H2,(H2,10,15). The van der Waals surface area contributed by atoms with Crippen LogP contribution in [0.4, 0.5) is 0 Å². The zero-order valence-electron chi connectivity index (χ0n) is 8.63. The minimum absolute atomic E-state index is 0.0105. The highest BCUT2D eigenvalue weighted by Crippen LogP contribution is 2.19. The van der Waals surface area contributed by atoms with Crippen LogP contribution in [0.15, 0.2) is 6.20 Å². The first-order valence-corrected chi connectivity index (χ1v) is 6.22. The number of carbonyl (C=O) groups excluding carboxylic acids is 1. The number of hydrogen-bond acceptors (Lipinski definition) is 5. The van der Waals surface area contributed by atoms with Crippen molar-refractivity contribution in [2.45, 2.75) is 12.8 Å². The maximum absolute atomic E-state index is 11.9. The molecule has 0 bridgehead atoms. The van der Waals surface area contributed by atoms with Crippen molar-refractivity contribution >= 4 is 34.6 Å². The second-order valence-corrected chi connectivity index (χ2v) is 5.01. The summed E-state index contributed by atoms with van der Waals surface area (Å²) in [5, 5.41) is 3.66. The zero-order chi connectivity index (χ0) is 11.5. The Morgan fingerprint density at radius 1 is 1.56 bits per heavy atom. The molecule has 7 heteroatoms. The molecule has 2 N–H and O–H groups in total. The summed E-state index contributed by atoms with van der Waals surface area (Å²) in [6, 6.07) is 0. The zero-order valence-corrected chi connectivity index (χ0v) is 10.3. The van der Waals surface area contributed by atoms with E-state index in [9.17, 15) is 4.79 Å². The van der Waals surface area contributed by atoms with Gasteiger partial charge in [-0.3, -0.25) is 4.79 Å². The lowest BCUT2D eigenvalue weighted by Crippen LogP contribution is -2.41. The van der Waals surface area contributed by atoms with Gasteiger partial charge in [-0.25, -0.2) is 0 Å². The monoisotopic (exact) mass is 256 g/mol. The highest BCUT2D eigenvalue weighted by atomic mass is 32.1. The number of carbonyl (C=O) groups is 1. The van der Waals surface area contributed by atoms with Gasteiger partial charge in [0.15, 0.2) is 0 Å². The van der Waals surface area contributed by atoms with Crippen LogP contribution in [0.1, 0.15) is 22.5 Å². The minimum atomic E-state index is 0.0105. The molecule has 5 nitrogen and oxygen atoms in total. The van der Waals surface area contributed by atoms with Gasteiger partial charge >= 0.3 is 0 Å². The van der Waals surface area contributed by atoms with Gasteiger partial charge in [-0.15, -0.1) is 5.10 Å². The molecule has 0 saturated carbocycles. The normalized spacial score (nSPS) is 17.4. The molecule has 1 saturated heterocycles. The van der Waals surface area contributed by atoms with Crippen LogP contribution in [0.2, 0.25) is 0 Å². The number of amides is 1. The summed E-state index contributed by atoms with van der Waals surface area (Å²) >= 11 is 6.08. The quantitative estimate of drug-likeness (QED) is 0.788. The predicted octanol–water partition coefficient (Wildman–Crippen LogP) is 0.676. The molecule has 1 amide bonds. The number of hydrogen-bond donors (Lipinski definition) is 1. The Kier molecular flexibility index (Phi) is 3.45. The van der Waals surface area contributed by atoms with Gasteiger partial charge in [0.2, 0.25) is 0 Å². The summed E-state index contributed by atoms with van der Waals surface area (Å²) in [7, 11) is 0. The van der Waals surface area contributed by atoms with Crippen LogP contribution in [0.25, 0.3) is 0 Å². The Hall–Kier alpha value is -1.08. The Labute approximate surface area is 103 Å². The summed E-state index contributed by atoms with van der Waals surface area (Å²) in [5.74, 6) is 0.287. The largest absolute Gasteiger partial charge is 0.393 e. The maximum Gasteiger partial charge on any atom is 0.267 e. The lowest BCUT2D eigenvalue weighted by atomic mass is 9.97. The topological polar surface area (TPSA) is 72.1 Å². The van der Waals surface area contributed by atoms with E-state index in [1.54, 1.807) is 0 Å². The molecular weight excluding hydrogens is 244 g/mol. The van der Waals surface area contributed by atoms with Crippen molar-refractivity contribution in [1.29, 1.82) is 0 Å². The SMILES string of the molecule is NC(=S)C1CCN(C(=O)c2cnns2)CC1. The molecule has 2 heterocycles. The summed E-state index contributed by atoms with van der Waals surface area (Å²) in [6.45, 7) is 1.41. The van der Waals surface area contributed by atoms with Crippen LogP contribution in [-0.2, 0) is 0 Å². The van der Waals surface area contributed by atoms with Crippen molar-refractivity contribution in [3.63, 3.8) is 0 Å². The molecule has 0 unspecified atom stereocenters. The minimum Gasteiger partial charge on any atom is -0.393 e. The second kappa shape index (κ2) is 4.84. The van der Waals surface area contributed by atoms with Crippen molar-refractivity contribution in [1.82, 2.24) is 14.5 Å². The molecule has 0 radical (unpaired) electrons. The van der Waals surface area contributed by atoms with Crippen molar-refractivity contribution < 1.29 is 4.79 Å². The van der Waals surface area contributed by atoms with Gasteiger partial charge in [0.05, 0.1) is 11.2 Å². The maximum atomic E-state index is 11.9. The Morgan fingerprint density at radius 2 is 2.25 bits per heavy atom. The van der Waals surface area contributed by atoms with E-state index >= 15 is 0 Å². The number of aromatic nitrogens is 2. The highest BCUT2D eigenvalue weighted by Gasteiger charge is 2.25. The molecule has 0 atom stereocenters. The van der Waals surface area contributed by atoms with Crippen LogP contribution in [0.5, 0.6) is 0 Å². The number of likely N-dealkylation sites (tertiary alicyclic amines) is 1. The smallest absolute Gasteiger partial charge is 0.267 e. The van der Waals surface area contributed by atoms with Gasteiger partial charge < -0.3 is 10.6 Å². The van der Waals surface area contributed by atoms with Crippen molar-refractivity contribution in [2.75, 3.05) is 13.1 Å². The lowest BCUT2D eigenvalue weighted by molar-refractivity contribution is 0.0715. The van der Waals surface area contributed by atoms with Crippen LogP contribution in [0, 0.1) is 5.92 Å². The average Bonchev–Trinajstić information content (AvgIpc) is 2.81. The molecule has 16 heavy (non-hydrogen) atoms. The summed E-state index contributed by atoms with van der Waals surface area (Å²) in [5.41, 5.74) is 5.59. The molecule has 0 aliphatic carbocycles. The van der Waals surface area contributed by atoms with Crippen molar-refractivity contribution in [3.05, 3.63) is 11.1 Å². The van der Waals surface area contributed by atoms with E-state index in [-0.39, 0.29) is 11.8 Å². The third kappa shape index (κ3) is 2.35. The molecule has 0 spiro atoms. The summed E-state index contributed by atoms with van der Waals surface area (Å²) in [4.78, 5) is 14.9. The summed E-state index contributed by atoms with van der Waals surface area (Å²) in [6.07, 6.45) is 3.22. The molecule has 1 fully saturated rings. The van der Waals surface area contributed by atoms with Gasteiger partial charge in [-0.1, -0.05) is 16.7 Å². The van der Waals surface area contributed by atoms with Crippen LogP contribution >= 0.6 is 23.8 Å². The van der Waals surface area contributed by atoms with Gasteiger partial charge in [-0.2, -0.15) is 0 Å². The molecule has 1 aromatic rings. The molecule has 1 aliphatic rings. The third-order valence-electron chi connectivity index (χ3n) is 2.76. The van der Waals surface area contributed by atoms with Crippen molar-refractivity contribution in [3.8, 4) is 0 Å². The average molecular weight is 256 g/mol. The van der Waals surface area contributed by atoms with Gasteiger partial charge in [0, 0.05) is 19.0 Å². The van der Waals surface area contributed by atoms with Gasteiger partial charge in [-0.05, 0) is 24.4 Å². The fourth-order valence-corrected chi connectivity index (χ4v) is 2.50. The predicted molar refractivity (Wildman–Crippen MR) is 65.3 cm³/mol. The highest BCUT2D eigenvalue weighted by molar-refractivity contribution is 7.80. The Bertz CT molecular complexity index is 384. The van der Waals surface area contributed by atoms with Crippen LogP contribution < -0.4 is 5.73 Å². The van der Waals surface area contributed by atoms with E-state index in [1.165, 1.54) is 6.20 Å². The number of piperidine rings is 1. The fraction of sp³-hybridized carbons (Fsp3) is 0.556. The Balaban J connectivity index is 1.94. The van der Waals surface area contributed by atoms with E-state index in [1.807, 2.05) is 4.90 Å². The van der Waals surface area contributed by atoms with E-state index in [2.05, 4.69) is 9.59 Å². The van der Waals surface area contributed by atoms with E-state index < -0.39 is 0 Å². The first kappa shape index (κ1) is 11.4. The number of nitrogens with zero attached hydrogens (tertiary/aromatic N) is 3. The van der Waals surface area contributed by atoms with E-state index in [0.29, 0.717) is 23.0 Å². The van der Waals surface area contributed by atoms with Gasteiger partial charge in [0.25, 0.3) is 5.91 Å². The first-order valence-electron chi connectivity index (χ1n) is 5.04. The van der Waals surface area contributed by atoms with Gasteiger partial charge in [0.1, 0.15) is 4.88 Å². The number of thiocarbonyl (C=S) groups is 1. The van der Waals surface area contributed by atoms with Crippen molar-refractivity contribution in [2.24, 2.45) is 11.7 Å². The third-order valence-corrected chi connectivity index (χ3v) is 3.74. The molecule has 1 aliphatic heterocycles. The first-order chi connectivity index (χ1) is 7.68. The van der Waals surface area contributed by atoms with E-state index in [4.69, 9.17) is 18.0 Å². The van der Waals surface area contributed by atoms with Crippen LogP contribution in [0.3, 0.4) is 0 Å². The fourth-order valence-electron chi connectivity index (χ4n) is 1.78. The molecule has 86 valence electrons. The molecule has 2 rings (SSSR count). The number of rotatable bonds is 2. The van der Waals surface area contributed by atoms with Crippen LogP contribution in [-0.4, -0.2) is 38.5 Å². The van der Waals surface area contributed by atoms with E-state index in [0.717, 1.165) is 24.4 Å².